The number of benzene rings is 2. The van der Waals surface area contributed by atoms with E-state index in [0.717, 1.165) is 56.2 Å². The third kappa shape index (κ3) is 5.86. The lowest BCUT2D eigenvalue weighted by atomic mass is 10.1. The molecule has 34 heavy (non-hydrogen) atoms. The summed E-state index contributed by atoms with van der Waals surface area (Å²) in [6, 6.07) is 10.8. The third-order valence-corrected chi connectivity index (χ3v) is 7.21. The highest BCUT2D eigenvalue weighted by atomic mass is 35.5. The molecular weight excluding hydrogens is 495 g/mol. The summed E-state index contributed by atoms with van der Waals surface area (Å²) in [4.78, 5) is 20.6. The van der Waals surface area contributed by atoms with Gasteiger partial charge in [-0.2, -0.15) is 0 Å². The number of hydrogen-bond acceptors (Lipinski definition) is 4. The average Bonchev–Trinajstić information content (AvgIpc) is 3.16. The Bertz CT molecular complexity index is 1140. The molecule has 1 atom stereocenters. The van der Waals surface area contributed by atoms with Gasteiger partial charge in [0.05, 0.1) is 34.3 Å². The first-order chi connectivity index (χ1) is 16.5. The van der Waals surface area contributed by atoms with E-state index in [1.165, 1.54) is 0 Å². The van der Waals surface area contributed by atoms with Gasteiger partial charge in [0.25, 0.3) is 0 Å². The zero-order valence-corrected chi connectivity index (χ0v) is 21.5. The second-order valence-corrected chi connectivity index (χ2v) is 9.69. The maximum Gasteiger partial charge on any atom is 0.243 e. The number of amides is 1. The average molecular weight is 524 g/mol. The quantitative estimate of drug-likeness (QED) is 0.409. The van der Waals surface area contributed by atoms with Crippen LogP contribution in [0, 0.1) is 0 Å². The van der Waals surface area contributed by atoms with E-state index in [1.54, 1.807) is 12.1 Å². The summed E-state index contributed by atoms with van der Waals surface area (Å²) in [7, 11) is 0. The minimum absolute atomic E-state index is 0.0270. The Morgan fingerprint density at radius 3 is 2.59 bits per heavy atom. The first kappa shape index (κ1) is 25.3. The van der Waals surface area contributed by atoms with Crippen molar-refractivity contribution in [2.45, 2.75) is 32.2 Å². The lowest BCUT2D eigenvalue weighted by molar-refractivity contribution is -0.124. The van der Waals surface area contributed by atoms with Gasteiger partial charge in [-0.15, -0.1) is 0 Å². The molecule has 0 spiro atoms. The summed E-state index contributed by atoms with van der Waals surface area (Å²) in [5, 5.41) is 4.68. The largest absolute Gasteiger partial charge is 0.379 e. The van der Waals surface area contributed by atoms with Crippen molar-refractivity contribution in [1.29, 1.82) is 0 Å². The molecule has 182 valence electrons. The molecule has 4 rings (SSSR count). The highest BCUT2D eigenvalue weighted by molar-refractivity contribution is 6.42. The molecule has 9 heteroatoms. The lowest BCUT2D eigenvalue weighted by Gasteiger charge is -2.27. The molecule has 3 aromatic rings. The van der Waals surface area contributed by atoms with E-state index in [-0.39, 0.29) is 5.91 Å². The van der Waals surface area contributed by atoms with Crippen LogP contribution in [0.25, 0.3) is 11.0 Å². The van der Waals surface area contributed by atoms with Crippen LogP contribution in [0.15, 0.2) is 36.4 Å². The molecule has 1 saturated heterocycles. The van der Waals surface area contributed by atoms with Crippen molar-refractivity contribution in [3.63, 3.8) is 0 Å². The Labute approximate surface area is 215 Å². The molecule has 1 amide bonds. The van der Waals surface area contributed by atoms with Crippen molar-refractivity contribution in [3.8, 4) is 0 Å². The van der Waals surface area contributed by atoms with Crippen LogP contribution in [0.1, 0.15) is 37.2 Å². The van der Waals surface area contributed by atoms with Gasteiger partial charge in [-0.05, 0) is 30.2 Å². The van der Waals surface area contributed by atoms with Gasteiger partial charge < -0.3 is 14.6 Å². The van der Waals surface area contributed by atoms with Crippen molar-refractivity contribution >= 4 is 51.7 Å². The van der Waals surface area contributed by atoms with Crippen LogP contribution >= 0.6 is 34.8 Å². The van der Waals surface area contributed by atoms with Gasteiger partial charge in [0.15, 0.2) is 0 Å². The molecule has 1 aliphatic heterocycles. The Morgan fingerprint density at radius 1 is 1.12 bits per heavy atom. The van der Waals surface area contributed by atoms with Crippen LogP contribution in [0.3, 0.4) is 0 Å². The first-order valence-electron chi connectivity index (χ1n) is 11.6. The normalized spacial score (nSPS) is 15.5. The van der Waals surface area contributed by atoms with Crippen LogP contribution in [-0.4, -0.2) is 59.8 Å². The number of carbonyl (C=O) groups is 1. The van der Waals surface area contributed by atoms with Crippen molar-refractivity contribution in [2.75, 3.05) is 39.4 Å². The molecule has 2 heterocycles. The molecule has 0 bridgehead atoms. The van der Waals surface area contributed by atoms with Crippen LogP contribution in [-0.2, 0) is 16.0 Å². The predicted molar refractivity (Wildman–Crippen MR) is 138 cm³/mol. The third-order valence-electron chi connectivity index (χ3n) is 6.12. The summed E-state index contributed by atoms with van der Waals surface area (Å²) in [5.74, 6) is 0.726. The Morgan fingerprint density at radius 2 is 1.85 bits per heavy atom. The number of rotatable bonds is 9. The molecule has 1 aliphatic rings. The van der Waals surface area contributed by atoms with Crippen molar-refractivity contribution in [1.82, 2.24) is 19.8 Å². The van der Waals surface area contributed by atoms with Gasteiger partial charge in [0, 0.05) is 37.6 Å². The van der Waals surface area contributed by atoms with E-state index in [1.807, 2.05) is 28.8 Å². The summed E-state index contributed by atoms with van der Waals surface area (Å²) in [6.45, 7) is 6.71. The number of nitrogens with zero attached hydrogens (tertiary/aromatic N) is 3. The molecule has 0 aliphatic carbocycles. The number of aromatic nitrogens is 2. The maximum absolute atomic E-state index is 13.5. The van der Waals surface area contributed by atoms with Crippen LogP contribution in [0.4, 0.5) is 0 Å². The molecule has 1 N–H and O–H groups in total. The maximum atomic E-state index is 13.5. The van der Waals surface area contributed by atoms with Crippen molar-refractivity contribution in [3.05, 3.63) is 62.9 Å². The Hall–Kier alpha value is -1.83. The van der Waals surface area contributed by atoms with E-state index in [0.29, 0.717) is 40.0 Å². The minimum Gasteiger partial charge on any atom is -0.379 e. The van der Waals surface area contributed by atoms with E-state index in [4.69, 9.17) is 44.5 Å². The Kier molecular flexibility index (Phi) is 8.72. The zero-order valence-electron chi connectivity index (χ0n) is 19.2. The number of morpholine rings is 1. The van der Waals surface area contributed by atoms with Gasteiger partial charge >= 0.3 is 0 Å². The van der Waals surface area contributed by atoms with Gasteiger partial charge in [-0.1, -0.05) is 66.3 Å². The fraction of sp³-hybridized carbons (Fsp3) is 0.440. The summed E-state index contributed by atoms with van der Waals surface area (Å²) < 4.78 is 7.42. The number of ether oxygens (including phenoxy) is 1. The van der Waals surface area contributed by atoms with E-state index in [2.05, 4.69) is 17.1 Å². The molecule has 1 fully saturated rings. The molecule has 2 aromatic carbocycles. The summed E-state index contributed by atoms with van der Waals surface area (Å²) >= 11 is 19.1. The number of fused-ring (bicyclic) bond motifs is 1. The highest BCUT2D eigenvalue weighted by Gasteiger charge is 2.26. The number of nitrogens with one attached hydrogen (secondary N) is 1. The molecule has 0 radical (unpaired) electrons. The fourth-order valence-electron chi connectivity index (χ4n) is 4.36. The van der Waals surface area contributed by atoms with Crippen LogP contribution in [0.5, 0.6) is 0 Å². The number of halogens is 3. The molecule has 6 nitrogen and oxygen atoms in total. The van der Waals surface area contributed by atoms with Crippen molar-refractivity contribution in [2.24, 2.45) is 0 Å². The fourth-order valence-corrected chi connectivity index (χ4v) is 4.87. The highest BCUT2D eigenvalue weighted by Crippen LogP contribution is 2.33. The first-order valence-corrected chi connectivity index (χ1v) is 12.8. The molecule has 1 aromatic heterocycles. The van der Waals surface area contributed by atoms with E-state index >= 15 is 0 Å². The number of hydrogen-bond donors (Lipinski definition) is 1. The monoisotopic (exact) mass is 522 g/mol. The zero-order chi connectivity index (χ0) is 24.1. The minimum atomic E-state index is -0.422. The van der Waals surface area contributed by atoms with Crippen molar-refractivity contribution < 1.29 is 9.53 Å². The van der Waals surface area contributed by atoms with Gasteiger partial charge in [-0.25, -0.2) is 4.98 Å². The van der Waals surface area contributed by atoms with Crippen LogP contribution < -0.4 is 5.32 Å². The second kappa shape index (κ2) is 11.7. The SMILES string of the molecule is CCC[C@@H](C(=O)NCCN1CCOCC1)n1c(Cc2ccccc2Cl)nc2cc(Cl)c(Cl)cc21. The molecule has 0 unspecified atom stereocenters. The predicted octanol–water partition coefficient (Wildman–Crippen LogP) is 5.38. The molecular formula is C25H29Cl3N4O2. The second-order valence-electron chi connectivity index (χ2n) is 8.47. The van der Waals surface area contributed by atoms with Gasteiger partial charge in [0.2, 0.25) is 5.91 Å². The summed E-state index contributed by atoms with van der Waals surface area (Å²) in [6.07, 6.45) is 2.00. The standard InChI is InChI=1S/C25H29Cl3N4O2/c1-2-5-22(25(33)29-8-9-31-10-12-34-13-11-31)32-23-16-20(28)19(27)15-21(23)30-24(32)14-17-6-3-4-7-18(17)26/h3-4,6-7,15-16,22H,2,5,8-14H2,1H3,(H,29,33)/t22-/m0/s1. The number of imidazole rings is 1. The smallest absolute Gasteiger partial charge is 0.243 e. The topological polar surface area (TPSA) is 59.4 Å². The van der Waals surface area contributed by atoms with Gasteiger partial charge in [0.1, 0.15) is 11.9 Å². The molecule has 0 saturated carbocycles. The van der Waals surface area contributed by atoms with E-state index < -0.39 is 6.04 Å². The van der Waals surface area contributed by atoms with Gasteiger partial charge in [-0.3, -0.25) is 9.69 Å². The van der Waals surface area contributed by atoms with Crippen LogP contribution in [0.2, 0.25) is 15.1 Å². The lowest BCUT2D eigenvalue weighted by Crippen LogP contribution is -2.42. The summed E-state index contributed by atoms with van der Waals surface area (Å²) in [5.41, 5.74) is 2.44. The number of carbonyl (C=O) groups excluding carboxylic acids is 1. The Balaban J connectivity index is 1.65. The van der Waals surface area contributed by atoms with E-state index in [9.17, 15) is 4.79 Å².